The summed E-state index contributed by atoms with van der Waals surface area (Å²) in [6.45, 7) is 4.21. The molecule has 1 unspecified atom stereocenters. The molecule has 0 aliphatic rings. The summed E-state index contributed by atoms with van der Waals surface area (Å²) in [5, 5.41) is 2.79. The number of ether oxygens (including phenoxy) is 3. The van der Waals surface area contributed by atoms with E-state index in [4.69, 9.17) is 14.2 Å². The van der Waals surface area contributed by atoms with Crippen LogP contribution in [-0.2, 0) is 9.53 Å². The maximum absolute atomic E-state index is 13.2. The third kappa shape index (κ3) is 5.98. The van der Waals surface area contributed by atoms with E-state index in [1.54, 1.807) is 54.6 Å². The molecule has 0 saturated heterocycles. The van der Waals surface area contributed by atoms with Crippen LogP contribution >= 0.6 is 0 Å². The first-order chi connectivity index (χ1) is 15.6. The van der Waals surface area contributed by atoms with E-state index in [2.05, 4.69) is 11.9 Å². The lowest BCUT2D eigenvalue weighted by Crippen LogP contribution is -2.26. The molecular formula is C26H25NO5. The van der Waals surface area contributed by atoms with Crippen LogP contribution in [0.2, 0.25) is 0 Å². The minimum atomic E-state index is -0.936. The van der Waals surface area contributed by atoms with Crippen LogP contribution in [0.4, 0.5) is 5.69 Å². The van der Waals surface area contributed by atoms with E-state index >= 15 is 0 Å². The van der Waals surface area contributed by atoms with Crippen molar-refractivity contribution < 1.29 is 23.8 Å². The number of methoxy groups -OCH3 is 1. The van der Waals surface area contributed by atoms with Gasteiger partial charge in [0, 0.05) is 5.56 Å². The zero-order valence-corrected chi connectivity index (χ0v) is 17.8. The summed E-state index contributed by atoms with van der Waals surface area (Å²) in [5.74, 6) is 0.252. The standard InChI is InChI=1S/C26H25NO5/c1-3-4-18-31-20-14-16-21(17-15-20)32-24(19-10-6-5-7-11-19)25(28)27-23-13-9-8-12-22(23)26(29)30-2/h3,5-17,24H,1,4,18H2,2H3,(H,27,28). The summed E-state index contributed by atoms with van der Waals surface area (Å²) in [5.41, 5.74) is 1.28. The summed E-state index contributed by atoms with van der Waals surface area (Å²) < 4.78 is 16.5. The zero-order valence-electron chi connectivity index (χ0n) is 17.8. The van der Waals surface area contributed by atoms with Crippen molar-refractivity contribution >= 4 is 17.6 Å². The van der Waals surface area contributed by atoms with Gasteiger partial charge in [-0.25, -0.2) is 4.79 Å². The van der Waals surface area contributed by atoms with E-state index in [1.807, 2.05) is 30.3 Å². The number of carbonyl (C=O) groups is 2. The van der Waals surface area contributed by atoms with Gasteiger partial charge in [-0.1, -0.05) is 48.5 Å². The van der Waals surface area contributed by atoms with Crippen molar-refractivity contribution in [2.24, 2.45) is 0 Å². The van der Waals surface area contributed by atoms with Crippen LogP contribution in [0.1, 0.15) is 28.4 Å². The minimum absolute atomic E-state index is 0.260. The third-order valence-electron chi connectivity index (χ3n) is 4.60. The molecule has 0 fully saturated rings. The second-order valence-corrected chi connectivity index (χ2v) is 6.83. The van der Waals surface area contributed by atoms with E-state index in [0.717, 1.165) is 6.42 Å². The van der Waals surface area contributed by atoms with E-state index in [9.17, 15) is 9.59 Å². The van der Waals surface area contributed by atoms with Crippen LogP contribution in [0.15, 0.2) is 91.5 Å². The van der Waals surface area contributed by atoms with Crippen molar-refractivity contribution in [3.63, 3.8) is 0 Å². The van der Waals surface area contributed by atoms with Gasteiger partial charge in [0.05, 0.1) is 25.0 Å². The molecular weight excluding hydrogens is 406 g/mol. The van der Waals surface area contributed by atoms with Crippen molar-refractivity contribution in [2.75, 3.05) is 19.0 Å². The Morgan fingerprint density at radius 2 is 1.59 bits per heavy atom. The zero-order chi connectivity index (χ0) is 22.8. The fourth-order valence-corrected chi connectivity index (χ4v) is 2.99. The largest absolute Gasteiger partial charge is 0.493 e. The molecule has 0 saturated carbocycles. The van der Waals surface area contributed by atoms with E-state index < -0.39 is 18.0 Å². The van der Waals surface area contributed by atoms with Crippen LogP contribution < -0.4 is 14.8 Å². The second-order valence-electron chi connectivity index (χ2n) is 6.83. The molecule has 1 amide bonds. The molecule has 3 aromatic carbocycles. The van der Waals surface area contributed by atoms with Gasteiger partial charge >= 0.3 is 5.97 Å². The number of carbonyl (C=O) groups excluding carboxylic acids is 2. The molecule has 3 aromatic rings. The SMILES string of the molecule is C=CCCOc1ccc(OC(C(=O)Nc2ccccc2C(=O)OC)c2ccccc2)cc1. The van der Waals surface area contributed by atoms with Crippen molar-refractivity contribution in [1.29, 1.82) is 0 Å². The van der Waals surface area contributed by atoms with Gasteiger partial charge in [-0.15, -0.1) is 6.58 Å². The molecule has 6 nitrogen and oxygen atoms in total. The summed E-state index contributed by atoms with van der Waals surface area (Å²) in [6.07, 6.45) is 1.61. The molecule has 0 spiro atoms. The van der Waals surface area contributed by atoms with Crippen molar-refractivity contribution in [2.45, 2.75) is 12.5 Å². The molecule has 0 radical (unpaired) electrons. The van der Waals surface area contributed by atoms with E-state index in [-0.39, 0.29) is 5.56 Å². The Kier molecular flexibility index (Phi) is 8.03. The summed E-state index contributed by atoms with van der Waals surface area (Å²) >= 11 is 0. The highest BCUT2D eigenvalue weighted by molar-refractivity contribution is 6.02. The topological polar surface area (TPSA) is 73.9 Å². The Morgan fingerprint density at radius 3 is 2.28 bits per heavy atom. The Hall–Kier alpha value is -4.06. The van der Waals surface area contributed by atoms with Gasteiger partial charge in [0.2, 0.25) is 6.10 Å². The molecule has 0 heterocycles. The summed E-state index contributed by atoms with van der Waals surface area (Å²) in [6, 6.07) is 22.9. The van der Waals surface area contributed by atoms with Gasteiger partial charge in [-0.3, -0.25) is 4.79 Å². The Bertz CT molecular complexity index is 1050. The molecule has 3 rings (SSSR count). The van der Waals surface area contributed by atoms with Crippen LogP contribution in [0.5, 0.6) is 11.5 Å². The fourth-order valence-electron chi connectivity index (χ4n) is 2.99. The van der Waals surface area contributed by atoms with E-state index in [1.165, 1.54) is 7.11 Å². The number of nitrogens with one attached hydrogen (secondary N) is 1. The maximum atomic E-state index is 13.2. The second kappa shape index (κ2) is 11.4. The lowest BCUT2D eigenvalue weighted by molar-refractivity contribution is -0.123. The number of esters is 1. The monoisotopic (exact) mass is 431 g/mol. The number of hydrogen-bond acceptors (Lipinski definition) is 5. The number of rotatable bonds is 10. The smallest absolute Gasteiger partial charge is 0.339 e. The first kappa shape index (κ1) is 22.6. The predicted molar refractivity (Wildman–Crippen MR) is 123 cm³/mol. The highest BCUT2D eigenvalue weighted by Gasteiger charge is 2.24. The molecule has 0 aromatic heterocycles. The average molecular weight is 431 g/mol. The first-order valence-electron chi connectivity index (χ1n) is 10.2. The number of benzene rings is 3. The van der Waals surface area contributed by atoms with Gasteiger partial charge < -0.3 is 19.5 Å². The molecule has 0 aliphatic carbocycles. The molecule has 6 heteroatoms. The van der Waals surface area contributed by atoms with Gasteiger partial charge in [0.1, 0.15) is 11.5 Å². The quantitative estimate of drug-likeness (QED) is 0.272. The van der Waals surface area contributed by atoms with Crippen LogP contribution in [0, 0.1) is 0 Å². The maximum Gasteiger partial charge on any atom is 0.339 e. The minimum Gasteiger partial charge on any atom is -0.493 e. The van der Waals surface area contributed by atoms with Gasteiger partial charge in [0.15, 0.2) is 0 Å². The number of hydrogen-bond donors (Lipinski definition) is 1. The van der Waals surface area contributed by atoms with Gasteiger partial charge in [-0.05, 0) is 42.8 Å². The summed E-state index contributed by atoms with van der Waals surface area (Å²) in [7, 11) is 1.29. The van der Waals surface area contributed by atoms with Crippen molar-refractivity contribution in [3.05, 3.63) is 103 Å². The molecule has 32 heavy (non-hydrogen) atoms. The average Bonchev–Trinajstić information content (AvgIpc) is 2.84. The van der Waals surface area contributed by atoms with Crippen molar-refractivity contribution in [1.82, 2.24) is 0 Å². The van der Waals surface area contributed by atoms with Crippen molar-refractivity contribution in [3.8, 4) is 11.5 Å². The molecule has 0 aliphatic heterocycles. The number of para-hydroxylation sites is 1. The van der Waals surface area contributed by atoms with Gasteiger partial charge in [-0.2, -0.15) is 0 Å². The Balaban J connectivity index is 1.81. The molecule has 1 N–H and O–H groups in total. The summed E-state index contributed by atoms with van der Waals surface area (Å²) in [4.78, 5) is 25.3. The molecule has 1 atom stereocenters. The third-order valence-corrected chi connectivity index (χ3v) is 4.60. The van der Waals surface area contributed by atoms with Crippen LogP contribution in [-0.4, -0.2) is 25.6 Å². The predicted octanol–water partition coefficient (Wildman–Crippen LogP) is 5.19. The lowest BCUT2D eigenvalue weighted by Gasteiger charge is -2.20. The van der Waals surface area contributed by atoms with Gasteiger partial charge in [0.25, 0.3) is 5.91 Å². The highest BCUT2D eigenvalue weighted by atomic mass is 16.5. The Labute approximate surface area is 187 Å². The number of anilines is 1. The first-order valence-corrected chi connectivity index (χ1v) is 10.2. The normalized spacial score (nSPS) is 11.2. The molecule has 0 bridgehead atoms. The Morgan fingerprint density at radius 1 is 0.938 bits per heavy atom. The fraction of sp³-hybridized carbons (Fsp3) is 0.154. The number of amides is 1. The highest BCUT2D eigenvalue weighted by Crippen LogP contribution is 2.26. The lowest BCUT2D eigenvalue weighted by atomic mass is 10.1. The molecule has 164 valence electrons. The van der Waals surface area contributed by atoms with Crippen LogP contribution in [0.3, 0.4) is 0 Å². The van der Waals surface area contributed by atoms with E-state index in [0.29, 0.717) is 29.4 Å². The van der Waals surface area contributed by atoms with Crippen LogP contribution in [0.25, 0.3) is 0 Å².